The SMILES string of the molecule is CCNC(=NCc1scnc1C)NCC(c1ccco1)N1CCCCC1.I. The predicted octanol–water partition coefficient (Wildman–Crippen LogP) is 3.94. The van der Waals surface area contributed by atoms with Crippen LogP contribution < -0.4 is 10.6 Å². The summed E-state index contributed by atoms with van der Waals surface area (Å²) < 4.78 is 5.73. The number of likely N-dealkylation sites (tertiary alicyclic amines) is 1. The maximum atomic E-state index is 5.73. The molecule has 0 aromatic carbocycles. The van der Waals surface area contributed by atoms with Crippen LogP contribution in [0.3, 0.4) is 0 Å². The summed E-state index contributed by atoms with van der Waals surface area (Å²) in [6.45, 7) is 8.64. The molecule has 27 heavy (non-hydrogen) atoms. The number of halogens is 1. The third-order valence-corrected chi connectivity index (χ3v) is 5.66. The number of aromatic nitrogens is 1. The number of aryl methyl sites for hydroxylation is 1. The number of aliphatic imine (C=N–C) groups is 1. The van der Waals surface area contributed by atoms with Gasteiger partial charge in [0.1, 0.15) is 5.76 Å². The third kappa shape index (κ3) is 6.46. The van der Waals surface area contributed by atoms with E-state index in [9.17, 15) is 0 Å². The van der Waals surface area contributed by atoms with E-state index in [4.69, 9.17) is 9.41 Å². The van der Waals surface area contributed by atoms with Crippen molar-refractivity contribution in [1.29, 1.82) is 0 Å². The van der Waals surface area contributed by atoms with Crippen molar-refractivity contribution in [2.24, 2.45) is 4.99 Å². The molecule has 1 aliphatic heterocycles. The first-order valence-corrected chi connectivity index (χ1v) is 10.3. The molecule has 1 aliphatic rings. The van der Waals surface area contributed by atoms with Crippen molar-refractivity contribution in [2.45, 2.75) is 45.7 Å². The van der Waals surface area contributed by atoms with Gasteiger partial charge in [-0.05, 0) is 51.9 Å². The minimum atomic E-state index is 0. The average Bonchev–Trinajstić information content (AvgIpc) is 3.33. The first-order chi connectivity index (χ1) is 12.8. The Bertz CT molecular complexity index is 682. The highest BCUT2D eigenvalue weighted by atomic mass is 127. The van der Waals surface area contributed by atoms with Crippen molar-refractivity contribution in [3.05, 3.63) is 40.2 Å². The topological polar surface area (TPSA) is 65.7 Å². The first kappa shape index (κ1) is 22.2. The van der Waals surface area contributed by atoms with Gasteiger partial charge in [0.15, 0.2) is 5.96 Å². The van der Waals surface area contributed by atoms with Gasteiger partial charge in [0.05, 0.1) is 30.1 Å². The fraction of sp³-hybridized carbons (Fsp3) is 0.579. The van der Waals surface area contributed by atoms with Crippen molar-refractivity contribution < 1.29 is 4.42 Å². The zero-order valence-electron chi connectivity index (χ0n) is 16.1. The Hall–Kier alpha value is -1.13. The van der Waals surface area contributed by atoms with Gasteiger partial charge in [-0.1, -0.05) is 6.42 Å². The van der Waals surface area contributed by atoms with Gasteiger partial charge >= 0.3 is 0 Å². The van der Waals surface area contributed by atoms with E-state index in [0.717, 1.165) is 43.6 Å². The molecule has 0 amide bonds. The summed E-state index contributed by atoms with van der Waals surface area (Å²) in [7, 11) is 0. The van der Waals surface area contributed by atoms with Crippen LogP contribution in [0.25, 0.3) is 0 Å². The summed E-state index contributed by atoms with van der Waals surface area (Å²) in [5, 5.41) is 6.85. The van der Waals surface area contributed by atoms with Gasteiger partial charge in [-0.2, -0.15) is 0 Å². The lowest BCUT2D eigenvalue weighted by Gasteiger charge is -2.33. The van der Waals surface area contributed by atoms with E-state index in [2.05, 4.69) is 33.5 Å². The van der Waals surface area contributed by atoms with E-state index >= 15 is 0 Å². The molecule has 1 fully saturated rings. The van der Waals surface area contributed by atoms with E-state index in [0.29, 0.717) is 6.54 Å². The maximum Gasteiger partial charge on any atom is 0.191 e. The summed E-state index contributed by atoms with van der Waals surface area (Å²) in [5.41, 5.74) is 2.94. The molecule has 150 valence electrons. The van der Waals surface area contributed by atoms with Crippen molar-refractivity contribution in [2.75, 3.05) is 26.2 Å². The summed E-state index contributed by atoms with van der Waals surface area (Å²) in [4.78, 5) is 12.8. The first-order valence-electron chi connectivity index (χ1n) is 9.46. The lowest BCUT2D eigenvalue weighted by Crippen LogP contribution is -2.44. The van der Waals surface area contributed by atoms with E-state index in [1.807, 2.05) is 18.5 Å². The molecule has 3 heterocycles. The van der Waals surface area contributed by atoms with Crippen LogP contribution in [0, 0.1) is 6.92 Å². The lowest BCUT2D eigenvalue weighted by molar-refractivity contribution is 0.146. The molecule has 0 bridgehead atoms. The number of piperidine rings is 1. The zero-order valence-corrected chi connectivity index (χ0v) is 19.3. The number of rotatable bonds is 7. The number of nitrogens with one attached hydrogen (secondary N) is 2. The molecule has 2 aromatic heterocycles. The number of thiazole rings is 1. The normalized spacial score (nSPS) is 16.6. The van der Waals surface area contributed by atoms with Crippen LogP contribution in [-0.4, -0.2) is 42.0 Å². The van der Waals surface area contributed by atoms with Gasteiger partial charge in [-0.25, -0.2) is 9.98 Å². The molecule has 1 saturated heterocycles. The molecule has 2 aromatic rings. The second kappa shape index (κ2) is 11.7. The summed E-state index contributed by atoms with van der Waals surface area (Å²) in [6.07, 6.45) is 5.61. The molecular formula is C19H30IN5OS. The van der Waals surface area contributed by atoms with E-state index in [1.165, 1.54) is 24.1 Å². The Labute approximate surface area is 182 Å². The smallest absolute Gasteiger partial charge is 0.191 e. The predicted molar refractivity (Wildman–Crippen MR) is 122 cm³/mol. The standard InChI is InChI=1S/C19H29N5OS.HI/c1-3-20-19(22-13-18-15(2)23-14-26-18)21-12-16(17-8-7-11-25-17)24-9-5-4-6-10-24;/h7-8,11,14,16H,3-6,9-10,12-13H2,1-2H3,(H2,20,21,22);1H. The summed E-state index contributed by atoms with van der Waals surface area (Å²) in [6, 6.07) is 4.28. The molecule has 1 atom stereocenters. The number of nitrogens with zero attached hydrogens (tertiary/aromatic N) is 3. The van der Waals surface area contributed by atoms with Crippen LogP contribution >= 0.6 is 35.3 Å². The molecule has 8 heteroatoms. The largest absolute Gasteiger partial charge is 0.468 e. The van der Waals surface area contributed by atoms with Crippen molar-refractivity contribution in [1.82, 2.24) is 20.5 Å². The molecule has 3 rings (SSSR count). The number of furan rings is 1. The van der Waals surface area contributed by atoms with E-state index < -0.39 is 0 Å². The van der Waals surface area contributed by atoms with Crippen molar-refractivity contribution in [3.8, 4) is 0 Å². The van der Waals surface area contributed by atoms with Crippen molar-refractivity contribution >= 4 is 41.3 Å². The fourth-order valence-corrected chi connectivity index (χ4v) is 3.98. The highest BCUT2D eigenvalue weighted by Gasteiger charge is 2.24. The number of hydrogen-bond donors (Lipinski definition) is 2. The van der Waals surface area contributed by atoms with Gasteiger partial charge in [0.2, 0.25) is 0 Å². The molecule has 0 aliphatic carbocycles. The van der Waals surface area contributed by atoms with E-state index in [1.54, 1.807) is 17.6 Å². The Morgan fingerprint density at radius 3 is 2.78 bits per heavy atom. The van der Waals surface area contributed by atoms with Crippen LogP contribution in [0.5, 0.6) is 0 Å². The molecule has 1 unspecified atom stereocenters. The minimum absolute atomic E-state index is 0. The van der Waals surface area contributed by atoms with Crippen LogP contribution in [0.15, 0.2) is 33.3 Å². The maximum absolute atomic E-state index is 5.73. The average molecular weight is 503 g/mol. The zero-order chi connectivity index (χ0) is 18.2. The van der Waals surface area contributed by atoms with Gasteiger partial charge in [0.25, 0.3) is 0 Å². The molecule has 0 spiro atoms. The second-order valence-electron chi connectivity index (χ2n) is 6.56. The lowest BCUT2D eigenvalue weighted by atomic mass is 10.1. The molecule has 6 nitrogen and oxygen atoms in total. The summed E-state index contributed by atoms with van der Waals surface area (Å²) in [5.74, 6) is 1.86. The van der Waals surface area contributed by atoms with E-state index in [-0.39, 0.29) is 30.0 Å². The number of guanidine groups is 1. The van der Waals surface area contributed by atoms with Crippen LogP contribution in [0.4, 0.5) is 0 Å². The Balaban J connectivity index is 0.00000261. The Kier molecular flexibility index (Phi) is 9.57. The molecule has 2 N–H and O–H groups in total. The Morgan fingerprint density at radius 1 is 1.33 bits per heavy atom. The van der Waals surface area contributed by atoms with Gasteiger partial charge in [0, 0.05) is 18.0 Å². The van der Waals surface area contributed by atoms with Crippen LogP contribution in [-0.2, 0) is 6.54 Å². The second-order valence-corrected chi connectivity index (χ2v) is 7.50. The monoisotopic (exact) mass is 503 g/mol. The fourth-order valence-electron chi connectivity index (χ4n) is 3.28. The summed E-state index contributed by atoms with van der Waals surface area (Å²) >= 11 is 1.66. The molecule has 0 radical (unpaired) electrons. The van der Waals surface area contributed by atoms with Crippen LogP contribution in [0.2, 0.25) is 0 Å². The Morgan fingerprint density at radius 2 is 2.15 bits per heavy atom. The van der Waals surface area contributed by atoms with Gasteiger partial charge < -0.3 is 15.1 Å². The van der Waals surface area contributed by atoms with Crippen LogP contribution in [0.1, 0.15) is 48.6 Å². The molecular weight excluding hydrogens is 473 g/mol. The van der Waals surface area contributed by atoms with Gasteiger partial charge in [-0.15, -0.1) is 35.3 Å². The van der Waals surface area contributed by atoms with Gasteiger partial charge in [-0.3, -0.25) is 4.90 Å². The quantitative estimate of drug-likeness (QED) is 0.341. The molecule has 0 saturated carbocycles. The van der Waals surface area contributed by atoms with Crippen molar-refractivity contribution in [3.63, 3.8) is 0 Å². The minimum Gasteiger partial charge on any atom is -0.468 e. The third-order valence-electron chi connectivity index (χ3n) is 4.74. The number of hydrogen-bond acceptors (Lipinski definition) is 5. The highest BCUT2D eigenvalue weighted by Crippen LogP contribution is 2.24. The highest BCUT2D eigenvalue weighted by molar-refractivity contribution is 14.0.